The predicted octanol–water partition coefficient (Wildman–Crippen LogP) is 2.01. The number of rotatable bonds is 4. The van der Waals surface area contributed by atoms with Gasteiger partial charge >= 0.3 is 0 Å². The van der Waals surface area contributed by atoms with E-state index in [4.69, 9.17) is 12.2 Å². The van der Waals surface area contributed by atoms with E-state index in [-0.39, 0.29) is 11.6 Å². The molecule has 0 atom stereocenters. The lowest BCUT2D eigenvalue weighted by molar-refractivity contribution is -0.119. The summed E-state index contributed by atoms with van der Waals surface area (Å²) in [5, 5.41) is 11.1. The molecule has 126 valence electrons. The van der Waals surface area contributed by atoms with Crippen LogP contribution < -0.4 is 10.2 Å². The summed E-state index contributed by atoms with van der Waals surface area (Å²) in [4.78, 5) is 13.9. The van der Waals surface area contributed by atoms with E-state index >= 15 is 0 Å². The number of hydrogen-bond acceptors (Lipinski definition) is 5. The van der Waals surface area contributed by atoms with Crippen LogP contribution in [0.15, 0.2) is 24.4 Å². The van der Waals surface area contributed by atoms with E-state index in [9.17, 15) is 9.18 Å². The number of nitrogens with one attached hydrogen (secondary N) is 1. The molecule has 24 heavy (non-hydrogen) atoms. The largest absolute Gasteiger partial charge is 0.374 e. The molecule has 1 N–H and O–H groups in total. The van der Waals surface area contributed by atoms with Gasteiger partial charge in [0.1, 0.15) is 17.3 Å². The fraction of sp³-hybridized carbons (Fsp3) is 0.375. The first-order valence-corrected chi connectivity index (χ1v) is 8.16. The normalized spacial score (nSPS) is 14.8. The van der Waals surface area contributed by atoms with Gasteiger partial charge in [0.25, 0.3) is 0 Å². The van der Waals surface area contributed by atoms with Gasteiger partial charge in [0, 0.05) is 32.0 Å². The van der Waals surface area contributed by atoms with Crippen LogP contribution in [-0.4, -0.2) is 38.9 Å². The van der Waals surface area contributed by atoms with E-state index in [1.807, 2.05) is 4.90 Å². The molecular formula is C16H18FN5OS. The molecule has 1 fully saturated rings. The highest BCUT2D eigenvalue weighted by Crippen LogP contribution is 2.24. The van der Waals surface area contributed by atoms with Crippen LogP contribution in [0.4, 0.5) is 10.1 Å². The second-order valence-electron chi connectivity index (χ2n) is 5.73. The second kappa shape index (κ2) is 7.04. The molecule has 8 heteroatoms. The molecule has 1 aromatic heterocycles. The molecule has 3 rings (SSSR count). The maximum atomic E-state index is 14.5. The number of hydrogen-bond donors (Lipinski definition) is 1. The number of anilines is 1. The molecule has 6 nitrogen and oxygen atoms in total. The summed E-state index contributed by atoms with van der Waals surface area (Å²) in [6.45, 7) is 3.40. The Morgan fingerprint density at radius 1 is 1.38 bits per heavy atom. The number of thiocarbonyl (C=S) groups is 1. The smallest absolute Gasteiger partial charge is 0.148 e. The highest BCUT2D eigenvalue weighted by atomic mass is 32.1. The monoisotopic (exact) mass is 347 g/mol. The van der Waals surface area contributed by atoms with Gasteiger partial charge in [-0.2, -0.15) is 0 Å². The van der Waals surface area contributed by atoms with Crippen molar-refractivity contribution in [1.82, 2.24) is 20.3 Å². The number of Topliss-reactive ketones (excluding diaryl/α,β-unsaturated/α-hetero) is 1. The molecule has 0 spiro atoms. The summed E-state index contributed by atoms with van der Waals surface area (Å²) in [5.41, 5.74) is 1.84. The third-order valence-electron chi connectivity index (χ3n) is 3.92. The Balaban J connectivity index is 1.74. The third kappa shape index (κ3) is 3.76. The number of ketones is 1. The zero-order valence-corrected chi connectivity index (χ0v) is 14.1. The Bertz CT molecular complexity index is 766. The van der Waals surface area contributed by atoms with E-state index in [1.54, 1.807) is 25.3 Å². The van der Waals surface area contributed by atoms with E-state index in [0.717, 1.165) is 5.69 Å². The lowest BCUT2D eigenvalue weighted by Crippen LogP contribution is -2.34. The van der Waals surface area contributed by atoms with Crippen LogP contribution in [0.5, 0.6) is 0 Å². The van der Waals surface area contributed by atoms with E-state index in [0.29, 0.717) is 48.8 Å². The van der Waals surface area contributed by atoms with Crippen molar-refractivity contribution in [3.8, 4) is 5.69 Å². The topological polar surface area (TPSA) is 63.1 Å². The number of aromatic nitrogens is 3. The minimum atomic E-state index is -0.327. The molecule has 0 unspecified atom stereocenters. The van der Waals surface area contributed by atoms with Gasteiger partial charge in [-0.05, 0) is 19.1 Å². The second-order valence-corrected chi connectivity index (χ2v) is 6.34. The van der Waals surface area contributed by atoms with Crippen molar-refractivity contribution >= 4 is 28.7 Å². The summed E-state index contributed by atoms with van der Waals surface area (Å²) in [5.74, 6) is -0.0923. The van der Waals surface area contributed by atoms with Gasteiger partial charge in [-0.3, -0.25) is 4.79 Å². The fourth-order valence-electron chi connectivity index (χ4n) is 2.61. The summed E-state index contributed by atoms with van der Waals surface area (Å²) in [7, 11) is 0. The molecule has 1 saturated heterocycles. The van der Waals surface area contributed by atoms with Gasteiger partial charge in [0.15, 0.2) is 0 Å². The average molecular weight is 347 g/mol. The molecule has 2 heterocycles. The van der Waals surface area contributed by atoms with Gasteiger partial charge in [-0.25, -0.2) is 9.07 Å². The van der Waals surface area contributed by atoms with Gasteiger partial charge in [-0.1, -0.05) is 17.4 Å². The highest BCUT2D eigenvalue weighted by molar-refractivity contribution is 7.80. The third-order valence-corrected chi connectivity index (χ3v) is 4.06. The van der Waals surface area contributed by atoms with Crippen molar-refractivity contribution in [2.24, 2.45) is 0 Å². The van der Waals surface area contributed by atoms with E-state index in [2.05, 4.69) is 15.6 Å². The van der Waals surface area contributed by atoms with Crippen molar-refractivity contribution in [3.05, 3.63) is 35.9 Å². The predicted molar refractivity (Wildman–Crippen MR) is 92.9 cm³/mol. The molecule has 1 aliphatic heterocycles. The van der Waals surface area contributed by atoms with E-state index < -0.39 is 0 Å². The average Bonchev–Trinajstić information content (AvgIpc) is 3.03. The Kier molecular flexibility index (Phi) is 4.84. The number of piperidine rings is 1. The van der Waals surface area contributed by atoms with Crippen molar-refractivity contribution in [2.45, 2.75) is 26.3 Å². The van der Waals surface area contributed by atoms with Crippen LogP contribution in [0.25, 0.3) is 5.69 Å². The Hall–Kier alpha value is -2.35. The van der Waals surface area contributed by atoms with Crippen LogP contribution in [0.3, 0.4) is 0 Å². The van der Waals surface area contributed by atoms with Crippen molar-refractivity contribution in [3.63, 3.8) is 0 Å². The van der Waals surface area contributed by atoms with Crippen molar-refractivity contribution in [1.29, 1.82) is 0 Å². The van der Waals surface area contributed by atoms with Gasteiger partial charge in [0.05, 0.1) is 29.1 Å². The van der Waals surface area contributed by atoms with Crippen LogP contribution in [0.2, 0.25) is 0 Å². The number of benzene rings is 1. The Morgan fingerprint density at radius 2 is 2.12 bits per heavy atom. The summed E-state index contributed by atoms with van der Waals surface area (Å²) >= 11 is 4.95. The minimum Gasteiger partial charge on any atom is -0.374 e. The van der Waals surface area contributed by atoms with E-state index in [1.165, 1.54) is 10.7 Å². The number of nitrogens with zero attached hydrogens (tertiary/aromatic N) is 4. The van der Waals surface area contributed by atoms with Crippen LogP contribution in [0.1, 0.15) is 25.5 Å². The number of halogens is 1. The van der Waals surface area contributed by atoms with Gasteiger partial charge < -0.3 is 10.2 Å². The first-order valence-electron chi connectivity index (χ1n) is 7.75. The number of carbonyl (C=O) groups is 1. The first-order chi connectivity index (χ1) is 11.5. The lowest BCUT2D eigenvalue weighted by Gasteiger charge is -2.28. The minimum absolute atomic E-state index is 0.235. The quantitative estimate of drug-likeness (QED) is 0.854. The van der Waals surface area contributed by atoms with Crippen molar-refractivity contribution < 1.29 is 9.18 Å². The molecule has 1 aliphatic rings. The molecule has 0 amide bonds. The highest BCUT2D eigenvalue weighted by Gasteiger charge is 2.19. The SMILES string of the molecule is CC(=S)NCc1cn(-c2ccc(N3CCC(=O)CC3)c(F)c2)nn1. The van der Waals surface area contributed by atoms with Gasteiger partial charge in [0.2, 0.25) is 0 Å². The Morgan fingerprint density at radius 3 is 2.79 bits per heavy atom. The molecule has 0 aliphatic carbocycles. The summed E-state index contributed by atoms with van der Waals surface area (Å²) in [6.07, 6.45) is 2.68. The maximum absolute atomic E-state index is 14.5. The lowest BCUT2D eigenvalue weighted by atomic mass is 10.1. The fourth-order valence-corrected chi connectivity index (χ4v) is 2.68. The summed E-state index contributed by atoms with van der Waals surface area (Å²) in [6, 6.07) is 4.95. The summed E-state index contributed by atoms with van der Waals surface area (Å²) < 4.78 is 16.0. The maximum Gasteiger partial charge on any atom is 0.148 e. The van der Waals surface area contributed by atoms with Gasteiger partial charge in [-0.15, -0.1) is 5.10 Å². The van der Waals surface area contributed by atoms with Crippen LogP contribution in [0, 0.1) is 5.82 Å². The first kappa shape index (κ1) is 16.5. The molecule has 2 aromatic rings. The molecule has 0 saturated carbocycles. The zero-order valence-electron chi connectivity index (χ0n) is 13.3. The number of carbonyl (C=O) groups excluding carboxylic acids is 1. The molecule has 0 bridgehead atoms. The van der Waals surface area contributed by atoms with Crippen molar-refractivity contribution in [2.75, 3.05) is 18.0 Å². The molecule has 0 radical (unpaired) electrons. The molecule has 1 aromatic carbocycles. The standard InChI is InChI=1S/C16H18FN5OS/c1-11(24)18-9-12-10-22(20-19-12)13-2-3-16(15(17)8-13)21-6-4-14(23)5-7-21/h2-3,8,10H,4-7,9H2,1H3,(H,18,24). The Labute approximate surface area is 144 Å². The van der Waals surface area contributed by atoms with Crippen LogP contribution in [-0.2, 0) is 11.3 Å². The van der Waals surface area contributed by atoms with Crippen LogP contribution >= 0.6 is 12.2 Å². The zero-order chi connectivity index (χ0) is 17.1. The molecular weight excluding hydrogens is 329 g/mol.